The standard InChI is InChI=1S/C11H17N2O8P.C10H15N2O9P/c1-5-3-13(6(2)12-10(5)16)11-9(15)8(14)7(21-11)4-20-22(17,18)19;1-4-2-12(10(16)11-8(4)15)9-7(14)6(13)5(21-9)3-20-22(17,18)19/h3,7-9,11,14-15H,2,4H2,1H3,(H,12,16)(H2,17,18,19);2,5-7,9,13-14H,3H2,1H3,(H,11,15,16)(H2,17,18,19)/t7-,8-,9-,11-;5-,6-,7-,9-/m11/s1. The van der Waals surface area contributed by atoms with Crippen molar-refractivity contribution in [1.82, 2.24) is 19.8 Å². The number of amides is 1. The van der Waals surface area contributed by atoms with Crippen LogP contribution < -0.4 is 16.6 Å². The largest absolute Gasteiger partial charge is 0.469 e. The molecule has 3 aliphatic heterocycles. The zero-order chi connectivity index (χ0) is 33.3. The first kappa shape index (κ1) is 35.9. The summed E-state index contributed by atoms with van der Waals surface area (Å²) in [5, 5.41) is 42.1. The molecule has 21 nitrogen and oxygen atoms in total. The molecule has 10 N–H and O–H groups in total. The predicted molar refractivity (Wildman–Crippen MR) is 142 cm³/mol. The van der Waals surface area contributed by atoms with Crippen molar-refractivity contribution in [3.8, 4) is 0 Å². The van der Waals surface area contributed by atoms with Crippen molar-refractivity contribution in [2.75, 3.05) is 13.2 Å². The van der Waals surface area contributed by atoms with E-state index < -0.39 is 89.2 Å². The van der Waals surface area contributed by atoms with Crippen LogP contribution >= 0.6 is 15.6 Å². The quantitative estimate of drug-likeness (QED) is 0.117. The summed E-state index contributed by atoms with van der Waals surface area (Å²) in [7, 11) is -9.49. The topological polar surface area (TPSA) is 320 Å². The molecule has 1 aromatic rings. The summed E-state index contributed by atoms with van der Waals surface area (Å²) in [6.45, 7) is 5.30. The van der Waals surface area contributed by atoms with E-state index in [0.717, 1.165) is 10.8 Å². The Morgan fingerprint density at radius 1 is 0.864 bits per heavy atom. The SMILES string of the molecule is C=C1NC(=O)C(C)=CN1[C@@H]1O[C@H](COP(=O)(O)O)[C@@H](O)[C@H]1O.Cc1cn([C@@H]2O[C@H](COP(=O)(O)O)[C@@H](O)[C@H]2O)c(=O)[nH]c1=O. The Kier molecular flexibility index (Phi) is 11.3. The maximum atomic E-state index is 11.7. The summed E-state index contributed by atoms with van der Waals surface area (Å²) >= 11 is 0. The molecule has 0 radical (unpaired) electrons. The number of aryl methyl sites for hydroxylation is 1. The number of aliphatic hydroxyl groups is 4. The van der Waals surface area contributed by atoms with E-state index in [2.05, 4.69) is 20.9 Å². The van der Waals surface area contributed by atoms with Crippen molar-refractivity contribution in [3.05, 3.63) is 56.8 Å². The molecule has 23 heteroatoms. The minimum Gasteiger partial charge on any atom is -0.387 e. The monoisotopic (exact) mass is 674 g/mol. The van der Waals surface area contributed by atoms with Gasteiger partial charge < -0.3 is 59.7 Å². The Morgan fingerprint density at radius 3 is 1.84 bits per heavy atom. The molecule has 8 atom stereocenters. The van der Waals surface area contributed by atoms with Gasteiger partial charge in [-0.05, 0) is 13.8 Å². The van der Waals surface area contributed by atoms with Crippen molar-refractivity contribution in [1.29, 1.82) is 0 Å². The summed E-state index contributed by atoms with van der Waals surface area (Å²) < 4.78 is 41.3. The van der Waals surface area contributed by atoms with Gasteiger partial charge in [0, 0.05) is 23.5 Å². The second-order valence-corrected chi connectivity index (χ2v) is 12.2. The van der Waals surface area contributed by atoms with Gasteiger partial charge in [-0.2, -0.15) is 0 Å². The summed E-state index contributed by atoms with van der Waals surface area (Å²) in [5.74, 6) is -0.209. The van der Waals surface area contributed by atoms with Crippen molar-refractivity contribution in [2.24, 2.45) is 0 Å². The molecule has 248 valence electrons. The molecule has 0 aromatic carbocycles. The molecule has 1 amide bonds. The lowest BCUT2D eigenvalue weighted by Crippen LogP contribution is -2.47. The number of carbonyl (C=O) groups excluding carboxylic acids is 1. The van der Waals surface area contributed by atoms with Crippen LogP contribution in [0.5, 0.6) is 0 Å². The number of carbonyl (C=O) groups is 1. The second kappa shape index (κ2) is 13.8. The average Bonchev–Trinajstić information content (AvgIpc) is 3.35. The lowest BCUT2D eigenvalue weighted by molar-refractivity contribution is -0.119. The molecular weight excluding hydrogens is 642 g/mol. The van der Waals surface area contributed by atoms with Gasteiger partial charge in [-0.3, -0.25) is 28.2 Å². The summed E-state index contributed by atoms with van der Waals surface area (Å²) in [4.78, 5) is 72.4. The fourth-order valence-corrected chi connectivity index (χ4v) is 4.86. The Bertz CT molecular complexity index is 1480. The van der Waals surface area contributed by atoms with Gasteiger partial charge in [0.1, 0.15) is 42.4 Å². The predicted octanol–water partition coefficient (Wildman–Crippen LogP) is -4.08. The maximum Gasteiger partial charge on any atom is 0.469 e. The molecule has 3 aliphatic rings. The number of rotatable bonds is 8. The van der Waals surface area contributed by atoms with Crippen LogP contribution in [0.3, 0.4) is 0 Å². The first-order valence-electron chi connectivity index (χ1n) is 12.4. The van der Waals surface area contributed by atoms with Crippen LogP contribution in [0.1, 0.15) is 18.7 Å². The number of phosphoric ester groups is 2. The average molecular weight is 674 g/mol. The molecule has 2 fully saturated rings. The Hall–Kier alpha value is -2.59. The van der Waals surface area contributed by atoms with E-state index in [1.165, 1.54) is 18.0 Å². The van der Waals surface area contributed by atoms with Gasteiger partial charge in [-0.25, -0.2) is 13.9 Å². The van der Waals surface area contributed by atoms with Crippen molar-refractivity contribution in [3.63, 3.8) is 0 Å². The number of phosphoric acid groups is 2. The molecule has 0 bridgehead atoms. The Balaban J connectivity index is 0.000000240. The highest BCUT2D eigenvalue weighted by Gasteiger charge is 2.47. The van der Waals surface area contributed by atoms with Crippen LogP contribution in [0.2, 0.25) is 0 Å². The van der Waals surface area contributed by atoms with Gasteiger partial charge in [0.2, 0.25) is 0 Å². The van der Waals surface area contributed by atoms with Gasteiger partial charge in [0.15, 0.2) is 12.5 Å². The van der Waals surface area contributed by atoms with E-state index in [4.69, 9.17) is 29.0 Å². The van der Waals surface area contributed by atoms with Crippen LogP contribution in [-0.4, -0.2) is 116 Å². The minimum absolute atomic E-state index is 0.142. The van der Waals surface area contributed by atoms with Gasteiger partial charge in [-0.15, -0.1) is 0 Å². The smallest absolute Gasteiger partial charge is 0.387 e. The van der Waals surface area contributed by atoms with Crippen molar-refractivity contribution >= 4 is 21.6 Å². The third-order valence-electron chi connectivity index (χ3n) is 6.44. The van der Waals surface area contributed by atoms with E-state index in [1.54, 1.807) is 6.92 Å². The summed E-state index contributed by atoms with van der Waals surface area (Å²) in [6, 6.07) is 0. The number of nitrogens with one attached hydrogen (secondary N) is 2. The number of aliphatic hydroxyl groups excluding tert-OH is 4. The number of H-pyrrole nitrogens is 1. The molecule has 4 heterocycles. The molecule has 2 saturated heterocycles. The van der Waals surface area contributed by atoms with Gasteiger partial charge in [0.25, 0.3) is 11.5 Å². The highest BCUT2D eigenvalue weighted by atomic mass is 31.2. The summed E-state index contributed by atoms with van der Waals surface area (Å²) in [6.07, 6.45) is -8.16. The Morgan fingerprint density at radius 2 is 1.34 bits per heavy atom. The molecule has 4 rings (SSSR count). The molecular formula is C21H32N4O17P2. The van der Waals surface area contributed by atoms with Crippen LogP contribution in [-0.2, 0) is 32.4 Å². The highest BCUT2D eigenvalue weighted by molar-refractivity contribution is 7.46. The van der Waals surface area contributed by atoms with E-state index in [9.17, 15) is 43.9 Å². The van der Waals surface area contributed by atoms with E-state index in [-0.39, 0.29) is 17.3 Å². The molecule has 0 unspecified atom stereocenters. The van der Waals surface area contributed by atoms with E-state index in [0.29, 0.717) is 5.57 Å². The summed E-state index contributed by atoms with van der Waals surface area (Å²) in [5.41, 5.74) is -0.938. The van der Waals surface area contributed by atoms with Crippen LogP contribution in [0.25, 0.3) is 0 Å². The van der Waals surface area contributed by atoms with E-state index in [1.807, 2.05) is 4.98 Å². The number of hydrogen-bond donors (Lipinski definition) is 10. The lowest BCUT2D eigenvalue weighted by Gasteiger charge is -2.33. The minimum atomic E-state index is -4.77. The fraction of sp³-hybridized carbons (Fsp3) is 0.571. The molecule has 0 spiro atoms. The maximum absolute atomic E-state index is 11.7. The Labute approximate surface area is 247 Å². The van der Waals surface area contributed by atoms with Crippen LogP contribution in [0.4, 0.5) is 0 Å². The fourth-order valence-electron chi connectivity index (χ4n) is 4.18. The van der Waals surface area contributed by atoms with Crippen molar-refractivity contribution < 1.29 is 72.4 Å². The molecule has 0 aliphatic carbocycles. The molecule has 0 saturated carbocycles. The third kappa shape index (κ3) is 8.77. The lowest BCUT2D eigenvalue weighted by atomic mass is 10.1. The van der Waals surface area contributed by atoms with Crippen molar-refractivity contribution in [2.45, 2.75) is 62.9 Å². The number of ether oxygens (including phenoxy) is 2. The normalized spacial score (nSPS) is 31.0. The molecule has 1 aromatic heterocycles. The van der Waals surface area contributed by atoms with Gasteiger partial charge in [0.05, 0.1) is 13.2 Å². The number of aromatic nitrogens is 2. The van der Waals surface area contributed by atoms with Gasteiger partial charge >= 0.3 is 21.3 Å². The first-order chi connectivity index (χ1) is 20.2. The zero-order valence-electron chi connectivity index (χ0n) is 22.9. The van der Waals surface area contributed by atoms with Crippen LogP contribution in [0.15, 0.2) is 40.0 Å². The zero-order valence-corrected chi connectivity index (χ0v) is 24.7. The number of hydrogen-bond acceptors (Lipinski definition) is 14. The number of nitrogens with zero attached hydrogens (tertiary/aromatic N) is 2. The second-order valence-electron chi connectivity index (χ2n) is 9.76. The number of aromatic amines is 1. The van der Waals surface area contributed by atoms with Crippen LogP contribution in [0, 0.1) is 6.92 Å². The van der Waals surface area contributed by atoms with Gasteiger partial charge in [-0.1, -0.05) is 6.58 Å². The molecule has 44 heavy (non-hydrogen) atoms. The highest BCUT2D eigenvalue weighted by Crippen LogP contribution is 2.39. The third-order valence-corrected chi connectivity index (χ3v) is 7.41. The first-order valence-corrected chi connectivity index (χ1v) is 15.5. The van der Waals surface area contributed by atoms with E-state index >= 15 is 0 Å².